The molecule has 0 spiro atoms. The molecular weight excluding hydrogens is 452 g/mol. The van der Waals surface area contributed by atoms with Crippen LogP contribution in [0.5, 0.6) is 5.75 Å². The Morgan fingerprint density at radius 1 is 1.09 bits per heavy atom. The number of hydrogen-bond donors (Lipinski definition) is 0. The van der Waals surface area contributed by atoms with Crippen molar-refractivity contribution in [2.24, 2.45) is 0 Å². The van der Waals surface area contributed by atoms with Gasteiger partial charge in [0.2, 0.25) is 5.91 Å². The van der Waals surface area contributed by atoms with Crippen molar-refractivity contribution in [2.45, 2.75) is 18.4 Å². The van der Waals surface area contributed by atoms with Crippen LogP contribution < -0.4 is 9.64 Å². The van der Waals surface area contributed by atoms with Gasteiger partial charge >= 0.3 is 0 Å². The fourth-order valence-corrected chi connectivity index (χ4v) is 5.65. The van der Waals surface area contributed by atoms with Gasteiger partial charge in [0.15, 0.2) is 0 Å². The molecule has 33 heavy (non-hydrogen) atoms. The Kier molecular flexibility index (Phi) is 6.11. The molecule has 6 nitrogen and oxygen atoms in total. The van der Waals surface area contributed by atoms with E-state index in [1.165, 1.54) is 17.3 Å². The lowest BCUT2D eigenvalue weighted by Crippen LogP contribution is -2.30. The standard InChI is InChI=1S/C25H22N4O2S2/c1-16-24(33-25(26-16)18-8-4-6-10-21(18)31-2)19-11-12-22(28-27-19)32-15-23(30)29-14-13-17-7-3-5-9-20(17)29/h3-12H,13-15H2,1-2H3. The number of carbonyl (C=O) groups is 1. The Labute approximate surface area is 200 Å². The van der Waals surface area contributed by atoms with E-state index in [2.05, 4.69) is 16.3 Å². The number of ether oxygens (including phenoxy) is 1. The summed E-state index contributed by atoms with van der Waals surface area (Å²) in [4.78, 5) is 20.3. The summed E-state index contributed by atoms with van der Waals surface area (Å²) in [6, 6.07) is 19.8. The van der Waals surface area contributed by atoms with E-state index in [-0.39, 0.29) is 5.91 Å². The quantitative estimate of drug-likeness (QED) is 0.355. The second-order valence-electron chi connectivity index (χ2n) is 7.60. The second-order valence-corrected chi connectivity index (χ2v) is 9.60. The van der Waals surface area contributed by atoms with E-state index in [1.807, 2.05) is 66.4 Å². The molecule has 0 unspecified atom stereocenters. The third-order valence-electron chi connectivity index (χ3n) is 5.54. The average molecular weight is 475 g/mol. The molecule has 0 radical (unpaired) electrons. The van der Waals surface area contributed by atoms with Crippen LogP contribution in [0.25, 0.3) is 21.1 Å². The lowest BCUT2D eigenvalue weighted by atomic mass is 10.2. The molecule has 2 aromatic carbocycles. The lowest BCUT2D eigenvalue weighted by Gasteiger charge is -2.16. The Hall–Kier alpha value is -3.23. The maximum absolute atomic E-state index is 12.7. The van der Waals surface area contributed by atoms with Crippen molar-refractivity contribution in [3.63, 3.8) is 0 Å². The molecule has 1 aliphatic heterocycles. The van der Waals surface area contributed by atoms with Crippen LogP contribution >= 0.6 is 23.1 Å². The molecule has 0 atom stereocenters. The molecule has 0 saturated carbocycles. The first-order chi connectivity index (χ1) is 16.1. The zero-order valence-electron chi connectivity index (χ0n) is 18.3. The Balaban J connectivity index is 1.28. The van der Waals surface area contributed by atoms with E-state index >= 15 is 0 Å². The summed E-state index contributed by atoms with van der Waals surface area (Å²) in [6.07, 6.45) is 0.909. The van der Waals surface area contributed by atoms with Gasteiger partial charge in [-0.3, -0.25) is 4.79 Å². The molecule has 2 aromatic heterocycles. The number of benzene rings is 2. The molecule has 166 valence electrons. The number of para-hydroxylation sites is 2. The minimum absolute atomic E-state index is 0.0931. The zero-order chi connectivity index (χ0) is 22.8. The second kappa shape index (κ2) is 9.33. The van der Waals surface area contributed by atoms with Crippen LogP contribution in [0.1, 0.15) is 11.3 Å². The normalized spacial score (nSPS) is 12.6. The van der Waals surface area contributed by atoms with Crippen molar-refractivity contribution in [2.75, 3.05) is 24.3 Å². The molecule has 0 N–H and O–H groups in total. The smallest absolute Gasteiger partial charge is 0.237 e. The summed E-state index contributed by atoms with van der Waals surface area (Å²) in [5.74, 6) is 1.22. The summed E-state index contributed by atoms with van der Waals surface area (Å²) < 4.78 is 5.48. The van der Waals surface area contributed by atoms with E-state index in [1.54, 1.807) is 18.4 Å². The summed E-state index contributed by atoms with van der Waals surface area (Å²) in [5.41, 5.74) is 4.89. The molecule has 3 heterocycles. The molecular formula is C25H22N4O2S2. The molecule has 0 aliphatic carbocycles. The number of amides is 1. The third kappa shape index (κ3) is 4.36. The van der Waals surface area contributed by atoms with Gasteiger partial charge < -0.3 is 9.64 Å². The molecule has 1 amide bonds. The summed E-state index contributed by atoms with van der Waals surface area (Å²) in [6.45, 7) is 2.71. The number of fused-ring (bicyclic) bond motifs is 1. The monoisotopic (exact) mass is 474 g/mol. The summed E-state index contributed by atoms with van der Waals surface area (Å²) in [7, 11) is 1.66. The largest absolute Gasteiger partial charge is 0.496 e. The van der Waals surface area contributed by atoms with Gasteiger partial charge in [-0.05, 0) is 49.2 Å². The van der Waals surface area contributed by atoms with Crippen molar-refractivity contribution in [3.05, 3.63) is 71.9 Å². The van der Waals surface area contributed by atoms with Crippen molar-refractivity contribution < 1.29 is 9.53 Å². The fraction of sp³-hybridized carbons (Fsp3) is 0.200. The Morgan fingerprint density at radius 3 is 2.73 bits per heavy atom. The highest BCUT2D eigenvalue weighted by Gasteiger charge is 2.24. The number of nitrogens with zero attached hydrogens (tertiary/aromatic N) is 4. The van der Waals surface area contributed by atoms with Gasteiger partial charge in [-0.1, -0.05) is 42.1 Å². The first-order valence-corrected chi connectivity index (χ1v) is 12.4. The van der Waals surface area contributed by atoms with Crippen LogP contribution in [0.3, 0.4) is 0 Å². The number of aromatic nitrogens is 3. The highest BCUT2D eigenvalue weighted by atomic mass is 32.2. The molecule has 4 aromatic rings. The van der Waals surface area contributed by atoms with Gasteiger partial charge in [0.1, 0.15) is 21.5 Å². The van der Waals surface area contributed by atoms with Crippen LogP contribution in [-0.2, 0) is 11.2 Å². The van der Waals surface area contributed by atoms with Crippen LogP contribution in [0.2, 0.25) is 0 Å². The minimum Gasteiger partial charge on any atom is -0.496 e. The average Bonchev–Trinajstić information content (AvgIpc) is 3.46. The molecule has 8 heteroatoms. The van der Waals surface area contributed by atoms with Crippen molar-refractivity contribution in [1.29, 1.82) is 0 Å². The predicted molar refractivity (Wildman–Crippen MR) is 133 cm³/mol. The van der Waals surface area contributed by atoms with Crippen LogP contribution in [0, 0.1) is 6.92 Å². The number of carbonyl (C=O) groups excluding carboxylic acids is 1. The Bertz CT molecular complexity index is 1300. The maximum atomic E-state index is 12.7. The maximum Gasteiger partial charge on any atom is 0.237 e. The molecule has 0 saturated heterocycles. The van der Waals surface area contributed by atoms with Gasteiger partial charge in [0.05, 0.1) is 29.0 Å². The molecule has 5 rings (SSSR count). The first kappa shape index (κ1) is 21.6. The van der Waals surface area contributed by atoms with Gasteiger partial charge in [-0.2, -0.15) is 0 Å². The number of anilines is 1. The summed E-state index contributed by atoms with van der Waals surface area (Å²) >= 11 is 2.98. The predicted octanol–water partition coefficient (Wildman–Crippen LogP) is 5.27. The number of thiazole rings is 1. The minimum atomic E-state index is 0.0931. The van der Waals surface area contributed by atoms with Gasteiger partial charge in [0, 0.05) is 12.2 Å². The zero-order valence-corrected chi connectivity index (χ0v) is 19.9. The van der Waals surface area contributed by atoms with E-state index in [4.69, 9.17) is 9.72 Å². The first-order valence-electron chi connectivity index (χ1n) is 10.6. The van der Waals surface area contributed by atoms with Gasteiger partial charge in [-0.15, -0.1) is 21.5 Å². The van der Waals surface area contributed by atoms with Crippen LogP contribution in [0.4, 0.5) is 5.69 Å². The molecule has 1 aliphatic rings. The highest BCUT2D eigenvalue weighted by Crippen LogP contribution is 2.38. The number of rotatable bonds is 6. The van der Waals surface area contributed by atoms with E-state index < -0.39 is 0 Å². The summed E-state index contributed by atoms with van der Waals surface area (Å²) in [5, 5.41) is 10.4. The number of thioether (sulfide) groups is 1. The molecule has 0 fully saturated rings. The third-order valence-corrected chi connectivity index (χ3v) is 7.66. The number of hydrogen-bond acceptors (Lipinski definition) is 7. The van der Waals surface area contributed by atoms with Crippen LogP contribution in [-0.4, -0.2) is 40.5 Å². The van der Waals surface area contributed by atoms with Crippen molar-refractivity contribution >= 4 is 34.7 Å². The topological polar surface area (TPSA) is 68.2 Å². The number of aryl methyl sites for hydroxylation is 1. The van der Waals surface area contributed by atoms with Crippen molar-refractivity contribution in [3.8, 4) is 26.9 Å². The van der Waals surface area contributed by atoms with E-state index in [9.17, 15) is 4.79 Å². The lowest BCUT2D eigenvalue weighted by molar-refractivity contribution is -0.116. The van der Waals surface area contributed by atoms with E-state index in [0.29, 0.717) is 5.75 Å². The SMILES string of the molecule is COc1ccccc1-c1nc(C)c(-c2ccc(SCC(=O)N3CCc4ccccc43)nn2)s1. The van der Waals surface area contributed by atoms with Crippen molar-refractivity contribution in [1.82, 2.24) is 15.2 Å². The fourth-order valence-electron chi connectivity index (χ4n) is 3.90. The number of methoxy groups -OCH3 is 1. The van der Waals surface area contributed by atoms with Crippen LogP contribution in [0.15, 0.2) is 65.7 Å². The van der Waals surface area contributed by atoms with E-state index in [0.717, 1.165) is 56.3 Å². The highest BCUT2D eigenvalue weighted by molar-refractivity contribution is 7.99. The van der Waals surface area contributed by atoms with Gasteiger partial charge in [0.25, 0.3) is 0 Å². The van der Waals surface area contributed by atoms with Gasteiger partial charge in [-0.25, -0.2) is 4.98 Å². The molecule has 0 bridgehead atoms. The Morgan fingerprint density at radius 2 is 1.91 bits per heavy atom.